The van der Waals surface area contributed by atoms with Crippen molar-refractivity contribution in [3.8, 4) is 11.8 Å². The van der Waals surface area contributed by atoms with Crippen LogP contribution in [0.15, 0.2) is 24.3 Å². The number of rotatable bonds is 4. The number of benzene rings is 1. The lowest BCUT2D eigenvalue weighted by Crippen LogP contribution is -2.48. The van der Waals surface area contributed by atoms with Crippen molar-refractivity contribution in [1.29, 1.82) is 5.26 Å². The second kappa shape index (κ2) is 7.59. The number of aromatic hydroxyl groups is 1. The molecule has 7 heteroatoms. The molecule has 1 saturated heterocycles. The lowest BCUT2D eigenvalue weighted by Gasteiger charge is -2.35. The van der Waals surface area contributed by atoms with Crippen LogP contribution >= 0.6 is 11.3 Å². The van der Waals surface area contributed by atoms with Crippen LogP contribution in [0.2, 0.25) is 0 Å². The molecule has 0 atom stereocenters. The summed E-state index contributed by atoms with van der Waals surface area (Å²) < 4.78 is 0. The van der Waals surface area contributed by atoms with E-state index in [-0.39, 0.29) is 5.91 Å². The largest absolute Gasteiger partial charge is 0.506 e. The number of nitrogens with zero attached hydrogens (tertiary/aromatic N) is 3. The van der Waals surface area contributed by atoms with Gasteiger partial charge in [-0.1, -0.05) is 12.1 Å². The van der Waals surface area contributed by atoms with Crippen molar-refractivity contribution in [2.24, 2.45) is 0 Å². The average Bonchev–Trinajstić information content (AvgIpc) is 3.23. The molecule has 1 aliphatic carbocycles. The molecule has 1 aromatic heterocycles. The molecule has 2 N–H and O–H groups in total. The number of para-hydroxylation sites is 2. The van der Waals surface area contributed by atoms with Crippen molar-refractivity contribution in [1.82, 2.24) is 4.90 Å². The summed E-state index contributed by atoms with van der Waals surface area (Å²) in [6.07, 6.45) is 3.06. The number of piperazine rings is 1. The van der Waals surface area contributed by atoms with E-state index in [1.807, 2.05) is 18.2 Å². The van der Waals surface area contributed by atoms with Gasteiger partial charge in [-0.25, -0.2) is 0 Å². The van der Waals surface area contributed by atoms with E-state index >= 15 is 0 Å². The predicted octanol–water partition coefficient (Wildman–Crippen LogP) is 2.57. The summed E-state index contributed by atoms with van der Waals surface area (Å²) in [6, 6.07) is 9.61. The Morgan fingerprint density at radius 1 is 1.22 bits per heavy atom. The number of hydrogen-bond acceptors (Lipinski definition) is 6. The highest BCUT2D eigenvalue weighted by molar-refractivity contribution is 7.16. The molecule has 2 aliphatic rings. The second-order valence-electron chi connectivity index (χ2n) is 6.97. The Morgan fingerprint density at radius 3 is 2.74 bits per heavy atom. The number of nitrogens with one attached hydrogen (secondary N) is 1. The van der Waals surface area contributed by atoms with Crippen LogP contribution in [0.25, 0.3) is 0 Å². The minimum atomic E-state index is -0.0672. The van der Waals surface area contributed by atoms with Crippen molar-refractivity contribution >= 4 is 27.9 Å². The molecule has 4 rings (SSSR count). The Bertz CT molecular complexity index is 894. The monoisotopic (exact) mass is 382 g/mol. The summed E-state index contributed by atoms with van der Waals surface area (Å²) in [5.74, 6) is 0.223. The molecule has 6 nitrogen and oxygen atoms in total. The SMILES string of the molecule is N#Cc1c(NC(=O)CN2CCN(c3ccccc3O)CC2)sc2c1CCC2. The molecule has 140 valence electrons. The van der Waals surface area contributed by atoms with E-state index in [1.54, 1.807) is 17.4 Å². The molecular formula is C20H22N4O2S. The summed E-state index contributed by atoms with van der Waals surface area (Å²) in [5.41, 5.74) is 2.63. The number of thiophene rings is 1. The number of anilines is 2. The van der Waals surface area contributed by atoms with Crippen LogP contribution in [-0.2, 0) is 17.6 Å². The summed E-state index contributed by atoms with van der Waals surface area (Å²) in [6.45, 7) is 3.37. The molecule has 27 heavy (non-hydrogen) atoms. The lowest BCUT2D eigenvalue weighted by molar-refractivity contribution is -0.117. The number of carbonyl (C=O) groups excluding carboxylic acids is 1. The van der Waals surface area contributed by atoms with Gasteiger partial charge in [0, 0.05) is 31.1 Å². The van der Waals surface area contributed by atoms with E-state index in [0.717, 1.165) is 56.7 Å². The van der Waals surface area contributed by atoms with E-state index in [4.69, 9.17) is 0 Å². The third-order valence-corrected chi connectivity index (χ3v) is 6.46. The van der Waals surface area contributed by atoms with Crippen molar-refractivity contribution in [2.45, 2.75) is 19.3 Å². The van der Waals surface area contributed by atoms with Gasteiger partial charge in [0.05, 0.1) is 17.8 Å². The number of aryl methyl sites for hydroxylation is 1. The fourth-order valence-electron chi connectivity index (χ4n) is 3.86. The van der Waals surface area contributed by atoms with Crippen LogP contribution in [0.5, 0.6) is 5.75 Å². The van der Waals surface area contributed by atoms with Gasteiger partial charge >= 0.3 is 0 Å². The zero-order chi connectivity index (χ0) is 18.8. The Labute approximate surface area is 162 Å². The van der Waals surface area contributed by atoms with Gasteiger partial charge < -0.3 is 15.3 Å². The Morgan fingerprint density at radius 2 is 2.00 bits per heavy atom. The van der Waals surface area contributed by atoms with Gasteiger partial charge in [-0.2, -0.15) is 5.26 Å². The summed E-state index contributed by atoms with van der Waals surface area (Å²) in [7, 11) is 0. The van der Waals surface area contributed by atoms with Crippen molar-refractivity contribution < 1.29 is 9.90 Å². The maximum Gasteiger partial charge on any atom is 0.239 e. The predicted molar refractivity (Wildman–Crippen MR) is 106 cm³/mol. The topological polar surface area (TPSA) is 79.6 Å². The van der Waals surface area contributed by atoms with E-state index in [1.165, 1.54) is 4.88 Å². The number of hydrogen-bond donors (Lipinski definition) is 2. The van der Waals surface area contributed by atoms with Crippen LogP contribution in [0.3, 0.4) is 0 Å². The van der Waals surface area contributed by atoms with Gasteiger partial charge in [0.2, 0.25) is 5.91 Å². The number of phenolic OH excluding ortho intramolecular Hbond substituents is 1. The fraction of sp³-hybridized carbons (Fsp3) is 0.400. The molecule has 0 spiro atoms. The Kier molecular flexibility index (Phi) is 5.01. The number of carbonyl (C=O) groups is 1. The molecule has 2 heterocycles. The van der Waals surface area contributed by atoms with Crippen molar-refractivity contribution in [3.63, 3.8) is 0 Å². The molecule has 0 unspecified atom stereocenters. The number of nitriles is 1. The number of phenols is 1. The van der Waals surface area contributed by atoms with Gasteiger partial charge in [0.15, 0.2) is 0 Å². The summed E-state index contributed by atoms with van der Waals surface area (Å²) in [4.78, 5) is 18.0. The third-order valence-electron chi connectivity index (χ3n) is 5.25. The maximum absolute atomic E-state index is 12.5. The highest BCUT2D eigenvalue weighted by Crippen LogP contribution is 2.38. The number of amides is 1. The quantitative estimate of drug-likeness (QED) is 0.850. The highest BCUT2D eigenvalue weighted by atomic mass is 32.1. The normalized spacial score (nSPS) is 16.8. The minimum Gasteiger partial charge on any atom is -0.506 e. The number of fused-ring (bicyclic) bond motifs is 1. The van der Waals surface area contributed by atoms with Crippen LogP contribution < -0.4 is 10.2 Å². The van der Waals surface area contributed by atoms with Crippen LogP contribution in [0.1, 0.15) is 22.4 Å². The van der Waals surface area contributed by atoms with Crippen molar-refractivity contribution in [2.75, 3.05) is 42.9 Å². The fourth-order valence-corrected chi connectivity index (χ4v) is 5.11. The minimum absolute atomic E-state index is 0.0672. The smallest absolute Gasteiger partial charge is 0.239 e. The standard InChI is InChI=1S/C20H22N4O2S/c21-12-15-14-4-3-7-18(14)27-20(15)22-19(26)13-23-8-10-24(11-9-23)16-5-1-2-6-17(16)25/h1-2,5-6,25H,3-4,7-11,13H2,(H,22,26). The van der Waals surface area contributed by atoms with E-state index in [9.17, 15) is 15.2 Å². The van der Waals surface area contributed by atoms with Gasteiger partial charge in [-0.05, 0) is 37.0 Å². The summed E-state index contributed by atoms with van der Waals surface area (Å²) >= 11 is 1.55. The van der Waals surface area contributed by atoms with Crippen molar-refractivity contribution in [3.05, 3.63) is 40.3 Å². The molecule has 0 bridgehead atoms. The third kappa shape index (κ3) is 3.64. The highest BCUT2D eigenvalue weighted by Gasteiger charge is 2.25. The Balaban J connectivity index is 1.33. The summed E-state index contributed by atoms with van der Waals surface area (Å²) in [5, 5.41) is 23.1. The molecular weight excluding hydrogens is 360 g/mol. The van der Waals surface area contributed by atoms with Crippen LogP contribution in [0.4, 0.5) is 10.7 Å². The van der Waals surface area contributed by atoms with E-state index in [2.05, 4.69) is 21.2 Å². The molecule has 0 saturated carbocycles. The van der Waals surface area contributed by atoms with Gasteiger partial charge in [-0.15, -0.1) is 11.3 Å². The molecule has 1 fully saturated rings. The zero-order valence-electron chi connectivity index (χ0n) is 15.1. The van der Waals surface area contributed by atoms with E-state index in [0.29, 0.717) is 22.9 Å². The van der Waals surface area contributed by atoms with Gasteiger partial charge in [0.1, 0.15) is 16.8 Å². The van der Waals surface area contributed by atoms with Gasteiger partial charge in [-0.3, -0.25) is 9.69 Å². The molecule has 1 amide bonds. The van der Waals surface area contributed by atoms with Crippen LogP contribution in [0, 0.1) is 11.3 Å². The van der Waals surface area contributed by atoms with Crippen LogP contribution in [-0.4, -0.2) is 48.6 Å². The molecule has 2 aromatic rings. The molecule has 1 aliphatic heterocycles. The van der Waals surface area contributed by atoms with Gasteiger partial charge in [0.25, 0.3) is 0 Å². The zero-order valence-corrected chi connectivity index (χ0v) is 15.9. The molecule has 0 radical (unpaired) electrons. The first-order chi connectivity index (χ1) is 13.2. The first-order valence-corrected chi connectivity index (χ1v) is 10.1. The maximum atomic E-state index is 12.5. The second-order valence-corrected chi connectivity index (χ2v) is 8.08. The Hall–Kier alpha value is -2.56. The molecule has 1 aromatic carbocycles. The lowest BCUT2D eigenvalue weighted by atomic mass is 10.1. The first-order valence-electron chi connectivity index (χ1n) is 9.25. The first kappa shape index (κ1) is 17.8. The van der Waals surface area contributed by atoms with E-state index < -0.39 is 0 Å². The average molecular weight is 382 g/mol.